The molecule has 2 aromatic rings. The van der Waals surface area contributed by atoms with Crippen molar-refractivity contribution in [2.75, 3.05) is 50.5 Å². The third kappa shape index (κ3) is 4.92. The Balaban J connectivity index is 1.37. The molecular weight excluding hydrogens is 378 g/mol. The van der Waals surface area contributed by atoms with Gasteiger partial charge in [-0.15, -0.1) is 0 Å². The Labute approximate surface area is 170 Å². The second kappa shape index (κ2) is 9.07. The van der Waals surface area contributed by atoms with Crippen molar-refractivity contribution in [2.24, 2.45) is 5.92 Å². The van der Waals surface area contributed by atoms with Crippen LogP contribution in [0.1, 0.15) is 31.7 Å². The molecule has 0 amide bonds. The lowest BCUT2D eigenvalue weighted by atomic mass is 10.0. The average molecular weight is 406 g/mol. The van der Waals surface area contributed by atoms with E-state index in [9.17, 15) is 0 Å². The zero-order valence-electron chi connectivity index (χ0n) is 16.3. The maximum absolute atomic E-state index is 6.27. The van der Waals surface area contributed by atoms with Gasteiger partial charge in [-0.25, -0.2) is 4.98 Å². The topological polar surface area (TPSA) is 80.1 Å². The zero-order valence-corrected chi connectivity index (χ0v) is 17.0. The lowest BCUT2D eigenvalue weighted by Gasteiger charge is -2.28. The Morgan fingerprint density at radius 1 is 1.18 bits per heavy atom. The molecule has 0 unspecified atom stereocenters. The molecule has 2 aliphatic heterocycles. The third-order valence-electron chi connectivity index (χ3n) is 5.56. The van der Waals surface area contributed by atoms with Crippen molar-refractivity contribution in [2.45, 2.75) is 31.7 Å². The van der Waals surface area contributed by atoms with Gasteiger partial charge in [-0.1, -0.05) is 11.6 Å². The van der Waals surface area contributed by atoms with E-state index in [1.807, 2.05) is 12.4 Å². The van der Waals surface area contributed by atoms with Crippen LogP contribution in [0.5, 0.6) is 0 Å². The molecule has 2 aliphatic rings. The van der Waals surface area contributed by atoms with Crippen LogP contribution < -0.4 is 10.6 Å². The first-order valence-electron chi connectivity index (χ1n) is 10.0. The molecule has 8 nitrogen and oxygen atoms in total. The number of nitrogens with one attached hydrogen (secondary N) is 2. The molecular formula is C19H28ClN7O. The summed E-state index contributed by atoms with van der Waals surface area (Å²) in [4.78, 5) is 11.2. The molecule has 2 N–H and O–H groups in total. The van der Waals surface area contributed by atoms with E-state index in [4.69, 9.17) is 16.3 Å². The van der Waals surface area contributed by atoms with E-state index < -0.39 is 0 Å². The minimum absolute atomic E-state index is 0.453. The van der Waals surface area contributed by atoms with E-state index in [0.29, 0.717) is 28.7 Å². The fourth-order valence-corrected chi connectivity index (χ4v) is 3.89. The summed E-state index contributed by atoms with van der Waals surface area (Å²) in [6.45, 7) is 4.72. The van der Waals surface area contributed by atoms with Crippen LogP contribution in [0.2, 0.25) is 5.02 Å². The number of aromatic nitrogens is 4. The summed E-state index contributed by atoms with van der Waals surface area (Å²) >= 11 is 6.27. The monoisotopic (exact) mass is 405 g/mol. The highest BCUT2D eigenvalue weighted by atomic mass is 35.5. The molecule has 0 saturated carbocycles. The molecule has 0 radical (unpaired) electrons. The minimum Gasteiger partial charge on any atom is -0.381 e. The third-order valence-corrected chi connectivity index (χ3v) is 5.84. The van der Waals surface area contributed by atoms with Gasteiger partial charge in [0.1, 0.15) is 5.02 Å². The molecule has 0 bridgehead atoms. The molecule has 28 heavy (non-hydrogen) atoms. The maximum atomic E-state index is 6.27. The van der Waals surface area contributed by atoms with Crippen LogP contribution >= 0.6 is 11.6 Å². The molecule has 2 fully saturated rings. The fourth-order valence-electron chi connectivity index (χ4n) is 3.73. The number of likely N-dealkylation sites (tertiary alicyclic amines) is 1. The number of piperidine rings is 1. The average Bonchev–Trinajstić information content (AvgIpc) is 3.18. The van der Waals surface area contributed by atoms with Crippen molar-refractivity contribution >= 4 is 29.1 Å². The number of hydrogen-bond donors (Lipinski definition) is 2. The fraction of sp³-hybridized carbons (Fsp3) is 0.632. The Morgan fingerprint density at radius 3 is 2.75 bits per heavy atom. The van der Waals surface area contributed by atoms with Crippen LogP contribution in [0.3, 0.4) is 0 Å². The number of ether oxygens (including phenoxy) is 1. The van der Waals surface area contributed by atoms with Gasteiger partial charge in [-0.05, 0) is 51.7 Å². The molecule has 9 heteroatoms. The van der Waals surface area contributed by atoms with Crippen molar-refractivity contribution in [3.05, 3.63) is 23.6 Å². The first-order chi connectivity index (χ1) is 13.7. The van der Waals surface area contributed by atoms with Gasteiger partial charge in [0.15, 0.2) is 5.82 Å². The summed E-state index contributed by atoms with van der Waals surface area (Å²) in [6, 6.07) is 0.453. The predicted molar refractivity (Wildman–Crippen MR) is 110 cm³/mol. The molecule has 0 atom stereocenters. The largest absolute Gasteiger partial charge is 0.381 e. The Kier molecular flexibility index (Phi) is 6.29. The second-order valence-corrected chi connectivity index (χ2v) is 8.10. The molecule has 4 rings (SSSR count). The molecule has 0 aromatic carbocycles. The SMILES string of the molecule is CN1CCC(n2cc(Nc3ncc(Cl)c(NCC4CCOCC4)n3)cn2)CC1. The van der Waals surface area contributed by atoms with Crippen molar-refractivity contribution < 1.29 is 4.74 Å². The van der Waals surface area contributed by atoms with Gasteiger partial charge < -0.3 is 20.3 Å². The van der Waals surface area contributed by atoms with Gasteiger partial charge in [0, 0.05) is 26.0 Å². The van der Waals surface area contributed by atoms with Gasteiger partial charge in [-0.3, -0.25) is 4.68 Å². The van der Waals surface area contributed by atoms with Gasteiger partial charge in [-0.2, -0.15) is 10.1 Å². The van der Waals surface area contributed by atoms with E-state index in [0.717, 1.165) is 64.2 Å². The van der Waals surface area contributed by atoms with E-state index in [1.54, 1.807) is 6.20 Å². The highest BCUT2D eigenvalue weighted by Gasteiger charge is 2.19. The van der Waals surface area contributed by atoms with Gasteiger partial charge in [0.25, 0.3) is 0 Å². The van der Waals surface area contributed by atoms with Crippen LogP contribution in [0.4, 0.5) is 17.5 Å². The second-order valence-electron chi connectivity index (χ2n) is 7.70. The van der Waals surface area contributed by atoms with Crippen molar-refractivity contribution in [3.8, 4) is 0 Å². The molecule has 4 heterocycles. The van der Waals surface area contributed by atoms with Crippen LogP contribution in [0.25, 0.3) is 0 Å². The van der Waals surface area contributed by atoms with Gasteiger partial charge in [0.05, 0.1) is 24.1 Å². The summed E-state index contributed by atoms with van der Waals surface area (Å²) in [6.07, 6.45) is 9.86. The molecule has 152 valence electrons. The molecule has 2 aromatic heterocycles. The highest BCUT2D eigenvalue weighted by molar-refractivity contribution is 6.32. The van der Waals surface area contributed by atoms with Crippen molar-refractivity contribution in [1.29, 1.82) is 0 Å². The summed E-state index contributed by atoms with van der Waals surface area (Å²) in [5.41, 5.74) is 0.886. The Hall–Kier alpha value is -1.90. The first kappa shape index (κ1) is 19.4. The van der Waals surface area contributed by atoms with Gasteiger partial charge in [0.2, 0.25) is 5.95 Å². The van der Waals surface area contributed by atoms with E-state index in [-0.39, 0.29) is 0 Å². The Morgan fingerprint density at radius 2 is 1.96 bits per heavy atom. The smallest absolute Gasteiger partial charge is 0.229 e. The van der Waals surface area contributed by atoms with Crippen molar-refractivity contribution in [1.82, 2.24) is 24.6 Å². The quantitative estimate of drug-likeness (QED) is 0.763. The summed E-state index contributed by atoms with van der Waals surface area (Å²) in [5.74, 6) is 1.76. The van der Waals surface area contributed by atoms with Crippen LogP contribution in [0, 0.1) is 5.92 Å². The van der Waals surface area contributed by atoms with Gasteiger partial charge >= 0.3 is 0 Å². The maximum Gasteiger partial charge on any atom is 0.229 e. The molecule has 0 spiro atoms. The lowest BCUT2D eigenvalue weighted by molar-refractivity contribution is 0.0699. The summed E-state index contributed by atoms with van der Waals surface area (Å²) < 4.78 is 7.46. The van der Waals surface area contributed by atoms with Crippen molar-refractivity contribution in [3.63, 3.8) is 0 Å². The first-order valence-corrected chi connectivity index (χ1v) is 10.4. The molecule has 0 aliphatic carbocycles. The number of nitrogens with zero attached hydrogens (tertiary/aromatic N) is 5. The number of anilines is 3. The number of halogens is 1. The van der Waals surface area contributed by atoms with Crippen LogP contribution in [0.15, 0.2) is 18.6 Å². The number of hydrogen-bond acceptors (Lipinski definition) is 7. The normalized spacial score (nSPS) is 19.6. The lowest BCUT2D eigenvalue weighted by Crippen LogP contribution is -2.31. The predicted octanol–water partition coefficient (Wildman–Crippen LogP) is 3.18. The van der Waals surface area contributed by atoms with Crippen LogP contribution in [-0.4, -0.2) is 64.5 Å². The van der Waals surface area contributed by atoms with E-state index >= 15 is 0 Å². The summed E-state index contributed by atoms with van der Waals surface area (Å²) in [5, 5.41) is 11.7. The summed E-state index contributed by atoms with van der Waals surface area (Å²) in [7, 11) is 2.16. The standard InChI is InChI=1S/C19H28ClN7O/c1-26-6-2-16(3-7-26)27-13-15(11-23-27)24-19-22-12-17(20)18(25-19)21-10-14-4-8-28-9-5-14/h11-14,16H,2-10H2,1H3,(H2,21,22,24,25). The molecule has 2 saturated heterocycles. The highest BCUT2D eigenvalue weighted by Crippen LogP contribution is 2.25. The Bertz CT molecular complexity index is 769. The van der Waals surface area contributed by atoms with Crippen LogP contribution in [-0.2, 0) is 4.74 Å². The zero-order chi connectivity index (χ0) is 19.3. The van der Waals surface area contributed by atoms with E-state index in [1.165, 1.54) is 0 Å². The number of rotatable bonds is 6. The minimum atomic E-state index is 0.453. The van der Waals surface area contributed by atoms with E-state index in [2.05, 4.69) is 42.3 Å².